The molecule has 0 aliphatic carbocycles. The van der Waals surface area contributed by atoms with Crippen LogP contribution >= 0.6 is 11.6 Å². The standard InChI is InChI=1S/C17H28ClNO2/c1-5-6-7-8-9-19-12-14-10-15(18)17(21-13(2)3)16(11-14)20-4/h10-11,13,19H,5-9,12H2,1-4H3. The number of ether oxygens (including phenoxy) is 2. The van der Waals surface area contributed by atoms with Crippen LogP contribution in [0, 0.1) is 0 Å². The van der Waals surface area contributed by atoms with Gasteiger partial charge in [0.1, 0.15) is 0 Å². The van der Waals surface area contributed by atoms with E-state index in [0.717, 1.165) is 18.7 Å². The Morgan fingerprint density at radius 3 is 2.57 bits per heavy atom. The summed E-state index contributed by atoms with van der Waals surface area (Å²) in [6, 6.07) is 3.93. The minimum absolute atomic E-state index is 0.0685. The molecule has 0 aliphatic heterocycles. The van der Waals surface area contributed by atoms with Crippen molar-refractivity contribution in [3.05, 3.63) is 22.7 Å². The van der Waals surface area contributed by atoms with Crippen LogP contribution in [0.2, 0.25) is 5.02 Å². The Morgan fingerprint density at radius 1 is 1.19 bits per heavy atom. The molecule has 1 aromatic rings. The maximum Gasteiger partial charge on any atom is 0.180 e. The van der Waals surface area contributed by atoms with Crippen LogP contribution in [0.4, 0.5) is 0 Å². The van der Waals surface area contributed by atoms with Crippen LogP contribution in [0.1, 0.15) is 52.0 Å². The first-order chi connectivity index (χ1) is 10.1. The summed E-state index contributed by atoms with van der Waals surface area (Å²) in [4.78, 5) is 0. The molecule has 1 N–H and O–H groups in total. The molecular formula is C17H28ClNO2. The van der Waals surface area contributed by atoms with E-state index in [2.05, 4.69) is 12.2 Å². The number of benzene rings is 1. The maximum absolute atomic E-state index is 6.31. The molecule has 0 amide bonds. The summed E-state index contributed by atoms with van der Waals surface area (Å²) in [6.07, 6.45) is 5.15. The van der Waals surface area contributed by atoms with Gasteiger partial charge in [-0.15, -0.1) is 0 Å². The topological polar surface area (TPSA) is 30.5 Å². The molecule has 1 rings (SSSR count). The Bertz CT molecular complexity index is 421. The van der Waals surface area contributed by atoms with Crippen LogP contribution in [-0.2, 0) is 6.54 Å². The maximum atomic E-state index is 6.31. The summed E-state index contributed by atoms with van der Waals surface area (Å²) in [6.45, 7) is 8.00. The number of nitrogens with one attached hydrogen (secondary N) is 1. The van der Waals surface area contributed by atoms with Crippen molar-refractivity contribution in [3.63, 3.8) is 0 Å². The van der Waals surface area contributed by atoms with E-state index < -0.39 is 0 Å². The average molecular weight is 314 g/mol. The van der Waals surface area contributed by atoms with Crippen LogP contribution in [0.15, 0.2) is 12.1 Å². The summed E-state index contributed by atoms with van der Waals surface area (Å²) < 4.78 is 11.1. The van der Waals surface area contributed by atoms with Gasteiger partial charge in [-0.25, -0.2) is 0 Å². The van der Waals surface area contributed by atoms with Gasteiger partial charge in [0, 0.05) is 6.54 Å². The molecule has 0 radical (unpaired) electrons. The van der Waals surface area contributed by atoms with Crippen molar-refractivity contribution in [3.8, 4) is 11.5 Å². The van der Waals surface area contributed by atoms with Gasteiger partial charge >= 0.3 is 0 Å². The van der Waals surface area contributed by atoms with Crippen LogP contribution in [0.25, 0.3) is 0 Å². The van der Waals surface area contributed by atoms with Gasteiger partial charge in [-0.05, 0) is 44.5 Å². The summed E-state index contributed by atoms with van der Waals surface area (Å²) in [5.41, 5.74) is 1.11. The number of halogens is 1. The highest BCUT2D eigenvalue weighted by molar-refractivity contribution is 6.32. The summed E-state index contributed by atoms with van der Waals surface area (Å²) in [7, 11) is 1.64. The quantitative estimate of drug-likeness (QED) is 0.629. The molecule has 0 bridgehead atoms. The van der Waals surface area contributed by atoms with Crippen LogP contribution in [0.5, 0.6) is 11.5 Å². The number of hydrogen-bond donors (Lipinski definition) is 1. The van der Waals surface area contributed by atoms with E-state index in [0.29, 0.717) is 16.5 Å². The Balaban J connectivity index is 2.58. The van der Waals surface area contributed by atoms with E-state index in [1.807, 2.05) is 26.0 Å². The normalized spacial score (nSPS) is 11.0. The van der Waals surface area contributed by atoms with Gasteiger partial charge in [0.05, 0.1) is 18.2 Å². The van der Waals surface area contributed by atoms with Crippen molar-refractivity contribution in [2.75, 3.05) is 13.7 Å². The third kappa shape index (κ3) is 6.58. The molecule has 0 saturated carbocycles. The highest BCUT2D eigenvalue weighted by Gasteiger charge is 2.13. The molecular weight excluding hydrogens is 286 g/mol. The highest BCUT2D eigenvalue weighted by Crippen LogP contribution is 2.37. The van der Waals surface area contributed by atoms with Gasteiger partial charge in [-0.1, -0.05) is 37.8 Å². The van der Waals surface area contributed by atoms with Gasteiger partial charge in [0.15, 0.2) is 11.5 Å². The summed E-state index contributed by atoms with van der Waals surface area (Å²) >= 11 is 6.31. The lowest BCUT2D eigenvalue weighted by atomic mass is 10.1. The van der Waals surface area contributed by atoms with Crippen molar-refractivity contribution >= 4 is 11.6 Å². The predicted octanol–water partition coefficient (Wildman–Crippen LogP) is 4.81. The van der Waals surface area contributed by atoms with E-state index >= 15 is 0 Å². The summed E-state index contributed by atoms with van der Waals surface area (Å²) in [5.74, 6) is 1.32. The van der Waals surface area contributed by atoms with Gasteiger partial charge in [-0.3, -0.25) is 0 Å². The molecule has 0 atom stereocenters. The summed E-state index contributed by atoms with van der Waals surface area (Å²) in [5, 5.41) is 4.05. The largest absolute Gasteiger partial charge is 0.493 e. The second-order valence-electron chi connectivity index (χ2n) is 5.51. The number of rotatable bonds is 10. The Kier molecular flexibility index (Phi) is 8.55. The average Bonchev–Trinajstić information content (AvgIpc) is 2.44. The van der Waals surface area contributed by atoms with Crippen molar-refractivity contribution < 1.29 is 9.47 Å². The molecule has 4 heteroatoms. The highest BCUT2D eigenvalue weighted by atomic mass is 35.5. The second-order valence-corrected chi connectivity index (χ2v) is 5.92. The van der Waals surface area contributed by atoms with Crippen molar-refractivity contribution in [1.29, 1.82) is 0 Å². The molecule has 0 saturated heterocycles. The fourth-order valence-electron chi connectivity index (χ4n) is 2.13. The zero-order chi connectivity index (χ0) is 15.7. The van der Waals surface area contributed by atoms with Crippen molar-refractivity contribution in [1.82, 2.24) is 5.32 Å². The van der Waals surface area contributed by atoms with E-state index in [1.165, 1.54) is 25.7 Å². The first-order valence-corrected chi connectivity index (χ1v) is 8.20. The number of unbranched alkanes of at least 4 members (excludes halogenated alkanes) is 3. The van der Waals surface area contributed by atoms with E-state index in [9.17, 15) is 0 Å². The number of methoxy groups -OCH3 is 1. The first-order valence-electron chi connectivity index (χ1n) is 7.82. The van der Waals surface area contributed by atoms with E-state index in [-0.39, 0.29) is 6.10 Å². The zero-order valence-corrected chi connectivity index (χ0v) is 14.4. The van der Waals surface area contributed by atoms with Crippen LogP contribution in [0.3, 0.4) is 0 Å². The van der Waals surface area contributed by atoms with Crippen molar-refractivity contribution in [2.45, 2.75) is 59.1 Å². The van der Waals surface area contributed by atoms with Crippen LogP contribution < -0.4 is 14.8 Å². The molecule has 120 valence electrons. The van der Waals surface area contributed by atoms with Crippen molar-refractivity contribution in [2.24, 2.45) is 0 Å². The fraction of sp³-hybridized carbons (Fsp3) is 0.647. The lowest BCUT2D eigenvalue weighted by Gasteiger charge is -2.16. The second kappa shape index (κ2) is 9.91. The Morgan fingerprint density at radius 2 is 1.95 bits per heavy atom. The smallest absolute Gasteiger partial charge is 0.180 e. The zero-order valence-electron chi connectivity index (χ0n) is 13.7. The monoisotopic (exact) mass is 313 g/mol. The third-order valence-electron chi connectivity index (χ3n) is 3.18. The molecule has 21 heavy (non-hydrogen) atoms. The van der Waals surface area contributed by atoms with Gasteiger partial charge in [0.2, 0.25) is 0 Å². The molecule has 0 unspecified atom stereocenters. The molecule has 1 aromatic carbocycles. The van der Waals surface area contributed by atoms with E-state index in [4.69, 9.17) is 21.1 Å². The first kappa shape index (κ1) is 18.1. The minimum atomic E-state index is 0.0685. The molecule has 0 heterocycles. The fourth-order valence-corrected chi connectivity index (χ4v) is 2.41. The lowest BCUT2D eigenvalue weighted by molar-refractivity contribution is 0.230. The molecule has 0 aromatic heterocycles. The Labute approximate surface area is 134 Å². The van der Waals surface area contributed by atoms with Gasteiger partial charge in [-0.2, -0.15) is 0 Å². The Hall–Kier alpha value is -0.930. The van der Waals surface area contributed by atoms with Crippen LogP contribution in [-0.4, -0.2) is 19.8 Å². The minimum Gasteiger partial charge on any atom is -0.493 e. The van der Waals surface area contributed by atoms with Gasteiger partial charge < -0.3 is 14.8 Å². The third-order valence-corrected chi connectivity index (χ3v) is 3.46. The number of hydrogen-bond acceptors (Lipinski definition) is 3. The molecule has 0 fully saturated rings. The SMILES string of the molecule is CCCCCCNCc1cc(Cl)c(OC(C)C)c(OC)c1. The molecule has 0 aliphatic rings. The molecule has 0 spiro atoms. The lowest BCUT2D eigenvalue weighted by Crippen LogP contribution is -2.15. The van der Waals surface area contributed by atoms with E-state index in [1.54, 1.807) is 7.11 Å². The predicted molar refractivity (Wildman–Crippen MR) is 89.6 cm³/mol. The molecule has 3 nitrogen and oxygen atoms in total. The van der Waals surface area contributed by atoms with Gasteiger partial charge in [0.25, 0.3) is 0 Å².